The second-order valence-corrected chi connectivity index (χ2v) is 6.34. The molecule has 1 aliphatic heterocycles. The number of fused-ring (bicyclic) bond motifs is 1. The van der Waals surface area contributed by atoms with E-state index in [9.17, 15) is 4.39 Å². The monoisotopic (exact) mass is 326 g/mol. The van der Waals surface area contributed by atoms with Crippen LogP contribution in [0.25, 0.3) is 5.78 Å². The molecule has 0 aliphatic carbocycles. The largest absolute Gasteiger partial charge is 0.298 e. The van der Waals surface area contributed by atoms with Crippen molar-refractivity contribution in [1.29, 1.82) is 0 Å². The van der Waals surface area contributed by atoms with Crippen LogP contribution in [0.15, 0.2) is 30.9 Å². The molecule has 3 aromatic heterocycles. The summed E-state index contributed by atoms with van der Waals surface area (Å²) in [5, 5.41) is 4.31. The van der Waals surface area contributed by atoms with Crippen LogP contribution in [-0.2, 0) is 6.54 Å². The van der Waals surface area contributed by atoms with Crippen molar-refractivity contribution in [2.45, 2.75) is 32.2 Å². The number of hydrogen-bond donors (Lipinski definition) is 0. The van der Waals surface area contributed by atoms with Crippen LogP contribution in [0.4, 0.5) is 4.39 Å². The first-order chi connectivity index (χ1) is 11.7. The maximum absolute atomic E-state index is 13.9. The summed E-state index contributed by atoms with van der Waals surface area (Å²) in [5.41, 5.74) is 2.78. The van der Waals surface area contributed by atoms with Gasteiger partial charge in [-0.15, -0.1) is 0 Å². The molecular formula is C17H19FN6. The summed E-state index contributed by atoms with van der Waals surface area (Å²) < 4.78 is 15.7. The quantitative estimate of drug-likeness (QED) is 0.739. The van der Waals surface area contributed by atoms with Gasteiger partial charge in [0.05, 0.1) is 11.9 Å². The summed E-state index contributed by atoms with van der Waals surface area (Å²) in [7, 11) is 0. The highest BCUT2D eigenvalue weighted by atomic mass is 19.1. The van der Waals surface area contributed by atoms with E-state index >= 15 is 0 Å². The molecule has 124 valence electrons. The van der Waals surface area contributed by atoms with Gasteiger partial charge in [0.1, 0.15) is 12.1 Å². The zero-order valence-corrected chi connectivity index (χ0v) is 13.6. The topological polar surface area (TPSA) is 59.2 Å². The molecular weight excluding hydrogens is 307 g/mol. The predicted octanol–water partition coefficient (Wildman–Crippen LogP) is 2.35. The Kier molecular flexibility index (Phi) is 3.93. The van der Waals surface area contributed by atoms with Crippen LogP contribution < -0.4 is 0 Å². The molecule has 1 atom stereocenters. The van der Waals surface area contributed by atoms with Gasteiger partial charge in [-0.2, -0.15) is 10.1 Å². The van der Waals surface area contributed by atoms with Crippen molar-refractivity contribution in [3.8, 4) is 0 Å². The number of nitrogens with zero attached hydrogens (tertiary/aromatic N) is 6. The van der Waals surface area contributed by atoms with Crippen molar-refractivity contribution in [1.82, 2.24) is 29.5 Å². The van der Waals surface area contributed by atoms with E-state index in [0.29, 0.717) is 23.8 Å². The van der Waals surface area contributed by atoms with E-state index in [1.807, 2.05) is 11.4 Å². The first-order valence-electron chi connectivity index (χ1n) is 8.19. The predicted molar refractivity (Wildman–Crippen MR) is 87.0 cm³/mol. The molecule has 3 aromatic rings. The van der Waals surface area contributed by atoms with Crippen LogP contribution in [0, 0.1) is 12.7 Å². The van der Waals surface area contributed by atoms with E-state index in [-0.39, 0.29) is 5.82 Å². The van der Waals surface area contributed by atoms with Gasteiger partial charge in [0.15, 0.2) is 0 Å². The van der Waals surface area contributed by atoms with Crippen molar-refractivity contribution in [2.24, 2.45) is 0 Å². The fourth-order valence-electron chi connectivity index (χ4n) is 3.46. The van der Waals surface area contributed by atoms with Crippen molar-refractivity contribution in [2.75, 3.05) is 13.1 Å². The van der Waals surface area contributed by atoms with Crippen molar-refractivity contribution >= 4 is 5.78 Å². The molecule has 0 aromatic carbocycles. The van der Waals surface area contributed by atoms with E-state index in [0.717, 1.165) is 37.3 Å². The summed E-state index contributed by atoms with van der Waals surface area (Å²) in [5.74, 6) is 0.745. The molecule has 0 bridgehead atoms. The molecule has 1 fully saturated rings. The van der Waals surface area contributed by atoms with Gasteiger partial charge in [0.2, 0.25) is 0 Å². The molecule has 24 heavy (non-hydrogen) atoms. The summed E-state index contributed by atoms with van der Waals surface area (Å²) in [6.07, 6.45) is 6.63. The third-order valence-corrected chi connectivity index (χ3v) is 4.58. The van der Waals surface area contributed by atoms with Crippen LogP contribution >= 0.6 is 0 Å². The average molecular weight is 326 g/mol. The van der Waals surface area contributed by atoms with E-state index in [1.165, 1.54) is 12.5 Å². The summed E-state index contributed by atoms with van der Waals surface area (Å²) in [4.78, 5) is 14.7. The number of piperidine rings is 1. The Morgan fingerprint density at radius 3 is 3.17 bits per heavy atom. The lowest BCUT2D eigenvalue weighted by atomic mass is 9.93. The molecule has 1 unspecified atom stereocenters. The molecule has 6 nitrogen and oxygen atoms in total. The van der Waals surface area contributed by atoms with Gasteiger partial charge >= 0.3 is 0 Å². The maximum atomic E-state index is 13.9. The highest BCUT2D eigenvalue weighted by Crippen LogP contribution is 2.28. The Morgan fingerprint density at radius 2 is 2.29 bits per heavy atom. The second kappa shape index (κ2) is 6.24. The van der Waals surface area contributed by atoms with Gasteiger partial charge in [0.25, 0.3) is 5.78 Å². The number of rotatable bonds is 3. The normalized spacial score (nSPS) is 19.0. The smallest absolute Gasteiger partial charge is 0.252 e. The third-order valence-electron chi connectivity index (χ3n) is 4.58. The molecule has 0 radical (unpaired) electrons. The zero-order chi connectivity index (χ0) is 16.5. The molecule has 1 saturated heterocycles. The molecule has 0 amide bonds. The van der Waals surface area contributed by atoms with Crippen LogP contribution in [0.2, 0.25) is 0 Å². The molecule has 0 saturated carbocycles. The van der Waals surface area contributed by atoms with Crippen molar-refractivity contribution in [3.05, 3.63) is 53.6 Å². The Bertz CT molecular complexity index is 861. The Balaban J connectivity index is 1.58. The van der Waals surface area contributed by atoms with Crippen molar-refractivity contribution < 1.29 is 4.39 Å². The van der Waals surface area contributed by atoms with Gasteiger partial charge in [-0.05, 0) is 38.4 Å². The first-order valence-corrected chi connectivity index (χ1v) is 8.19. The molecule has 0 spiro atoms. The number of aryl methyl sites for hydroxylation is 1. The highest BCUT2D eigenvalue weighted by molar-refractivity contribution is 5.31. The number of halogens is 1. The summed E-state index contributed by atoms with van der Waals surface area (Å²) in [6, 6.07) is 3.84. The first kappa shape index (κ1) is 15.1. The van der Waals surface area contributed by atoms with Crippen LogP contribution in [-0.4, -0.2) is 42.6 Å². The van der Waals surface area contributed by atoms with Gasteiger partial charge in [-0.25, -0.2) is 13.9 Å². The van der Waals surface area contributed by atoms with Gasteiger partial charge in [0, 0.05) is 36.5 Å². The SMILES string of the molecule is Cc1cc(C2CCCN(Cc3ccncc3F)C2)n2ncnc2n1. The summed E-state index contributed by atoms with van der Waals surface area (Å²) >= 11 is 0. The highest BCUT2D eigenvalue weighted by Gasteiger charge is 2.25. The Hall–Kier alpha value is -2.41. The fourth-order valence-corrected chi connectivity index (χ4v) is 3.46. The second-order valence-electron chi connectivity index (χ2n) is 6.34. The zero-order valence-electron chi connectivity index (χ0n) is 13.6. The van der Waals surface area contributed by atoms with Crippen LogP contribution in [0.3, 0.4) is 0 Å². The fraction of sp³-hybridized carbons (Fsp3) is 0.412. The number of aromatic nitrogens is 5. The number of hydrogen-bond acceptors (Lipinski definition) is 5. The summed E-state index contributed by atoms with van der Waals surface area (Å²) in [6.45, 7) is 4.43. The minimum Gasteiger partial charge on any atom is -0.298 e. The molecule has 0 N–H and O–H groups in total. The third kappa shape index (κ3) is 2.87. The molecule has 4 rings (SSSR count). The Labute approximate surface area is 139 Å². The van der Waals surface area contributed by atoms with E-state index in [1.54, 1.807) is 12.3 Å². The lowest BCUT2D eigenvalue weighted by Gasteiger charge is -2.33. The van der Waals surface area contributed by atoms with Crippen LogP contribution in [0.1, 0.15) is 35.7 Å². The van der Waals surface area contributed by atoms with Gasteiger partial charge in [-0.1, -0.05) is 0 Å². The average Bonchev–Trinajstić information content (AvgIpc) is 3.05. The Morgan fingerprint density at radius 1 is 1.38 bits per heavy atom. The van der Waals surface area contributed by atoms with Crippen molar-refractivity contribution in [3.63, 3.8) is 0 Å². The number of likely N-dealkylation sites (tertiary alicyclic amines) is 1. The van der Waals surface area contributed by atoms with E-state index in [2.05, 4.69) is 31.0 Å². The minimum absolute atomic E-state index is 0.238. The number of pyridine rings is 1. The lowest BCUT2D eigenvalue weighted by molar-refractivity contribution is 0.195. The molecule has 1 aliphatic rings. The maximum Gasteiger partial charge on any atom is 0.252 e. The minimum atomic E-state index is -0.238. The molecule has 7 heteroatoms. The molecule has 4 heterocycles. The lowest BCUT2D eigenvalue weighted by Crippen LogP contribution is -2.35. The van der Waals surface area contributed by atoms with Gasteiger partial charge < -0.3 is 0 Å². The van der Waals surface area contributed by atoms with E-state index in [4.69, 9.17) is 0 Å². The standard InChI is InChI=1S/C17H19FN6/c1-12-7-16(24-17(22-12)20-11-21-24)14-3-2-6-23(10-14)9-13-4-5-19-8-15(13)18/h4-5,7-8,11,14H,2-3,6,9-10H2,1H3. The van der Waals surface area contributed by atoms with Crippen LogP contribution in [0.5, 0.6) is 0 Å². The van der Waals surface area contributed by atoms with E-state index < -0.39 is 0 Å². The van der Waals surface area contributed by atoms with Gasteiger partial charge in [-0.3, -0.25) is 9.88 Å².